The molecule has 3 amide bonds. The predicted molar refractivity (Wildman–Crippen MR) is 110 cm³/mol. The van der Waals surface area contributed by atoms with Gasteiger partial charge in [0.25, 0.3) is 11.8 Å². The lowest BCUT2D eigenvalue weighted by molar-refractivity contribution is -0.129. The number of likely N-dealkylation sites (N-methyl/N-ethyl adjacent to an activating group) is 1. The number of amides is 3. The first-order valence-electron chi connectivity index (χ1n) is 9.75. The largest absolute Gasteiger partial charge is 0.484 e. The monoisotopic (exact) mass is 411 g/mol. The molecule has 0 spiro atoms. The number of hydrogen-bond donors (Lipinski definition) is 3. The van der Waals surface area contributed by atoms with Crippen molar-refractivity contribution in [1.82, 2.24) is 16.0 Å². The molecular weight excluding hydrogens is 386 g/mol. The molecule has 2 aromatic carbocycles. The SMILES string of the molecule is CNC(=O)COc1ccc(CC2NC(=O)COc3ccccc3CCNC2=O)cc1. The molecule has 1 heterocycles. The van der Waals surface area contributed by atoms with Gasteiger partial charge in [0.15, 0.2) is 13.2 Å². The van der Waals surface area contributed by atoms with Gasteiger partial charge < -0.3 is 25.4 Å². The van der Waals surface area contributed by atoms with Crippen molar-refractivity contribution < 1.29 is 23.9 Å². The molecule has 1 atom stereocenters. The van der Waals surface area contributed by atoms with E-state index in [9.17, 15) is 14.4 Å². The Hall–Kier alpha value is -3.55. The lowest BCUT2D eigenvalue weighted by Crippen LogP contribution is -2.49. The number of nitrogens with one attached hydrogen (secondary N) is 3. The van der Waals surface area contributed by atoms with E-state index in [4.69, 9.17) is 9.47 Å². The van der Waals surface area contributed by atoms with Crippen molar-refractivity contribution in [2.24, 2.45) is 0 Å². The van der Waals surface area contributed by atoms with Crippen LogP contribution >= 0.6 is 0 Å². The van der Waals surface area contributed by atoms with Crippen LogP contribution in [0.4, 0.5) is 0 Å². The minimum Gasteiger partial charge on any atom is -0.484 e. The Morgan fingerprint density at radius 2 is 1.93 bits per heavy atom. The van der Waals surface area contributed by atoms with E-state index in [-0.39, 0.29) is 30.9 Å². The molecule has 158 valence electrons. The summed E-state index contributed by atoms with van der Waals surface area (Å²) in [7, 11) is 1.54. The maximum absolute atomic E-state index is 12.6. The van der Waals surface area contributed by atoms with E-state index >= 15 is 0 Å². The molecule has 0 fully saturated rings. The van der Waals surface area contributed by atoms with Gasteiger partial charge in [-0.3, -0.25) is 14.4 Å². The molecule has 1 aliphatic heterocycles. The molecule has 0 bridgehead atoms. The number of para-hydroxylation sites is 1. The van der Waals surface area contributed by atoms with Crippen LogP contribution in [0.5, 0.6) is 11.5 Å². The van der Waals surface area contributed by atoms with Crippen LogP contribution in [0.25, 0.3) is 0 Å². The second-order valence-corrected chi connectivity index (χ2v) is 6.87. The van der Waals surface area contributed by atoms with Crippen LogP contribution in [0.3, 0.4) is 0 Å². The Bertz CT molecular complexity index is 898. The maximum atomic E-state index is 12.6. The number of carbonyl (C=O) groups excluding carboxylic acids is 3. The van der Waals surface area contributed by atoms with Crippen molar-refractivity contribution in [2.45, 2.75) is 18.9 Å². The lowest BCUT2D eigenvalue weighted by Gasteiger charge is -2.18. The van der Waals surface area contributed by atoms with Crippen LogP contribution in [0, 0.1) is 0 Å². The van der Waals surface area contributed by atoms with Gasteiger partial charge in [-0.25, -0.2) is 0 Å². The summed E-state index contributed by atoms with van der Waals surface area (Å²) in [6.07, 6.45) is 0.931. The first kappa shape index (κ1) is 21.2. The van der Waals surface area contributed by atoms with Crippen molar-refractivity contribution in [3.63, 3.8) is 0 Å². The van der Waals surface area contributed by atoms with E-state index in [0.29, 0.717) is 30.9 Å². The van der Waals surface area contributed by atoms with Gasteiger partial charge in [-0.05, 0) is 35.7 Å². The second-order valence-electron chi connectivity index (χ2n) is 6.87. The zero-order valence-corrected chi connectivity index (χ0v) is 16.8. The summed E-state index contributed by atoms with van der Waals surface area (Å²) >= 11 is 0. The Morgan fingerprint density at radius 3 is 2.70 bits per heavy atom. The molecule has 8 nitrogen and oxygen atoms in total. The Kier molecular flexibility index (Phi) is 7.26. The number of benzene rings is 2. The van der Waals surface area contributed by atoms with Crippen LogP contribution in [0.1, 0.15) is 11.1 Å². The quantitative estimate of drug-likeness (QED) is 0.668. The van der Waals surface area contributed by atoms with E-state index in [0.717, 1.165) is 11.1 Å². The standard InChI is InChI=1S/C22H25N3O5/c1-23-20(26)13-29-17-8-6-15(7-9-17)12-18-22(28)24-11-10-16-4-2-3-5-19(16)30-14-21(27)25-18/h2-9,18H,10-14H2,1H3,(H,23,26)(H,24,28)(H,25,27). The predicted octanol–water partition coefficient (Wildman–Crippen LogP) is 0.590. The van der Waals surface area contributed by atoms with E-state index < -0.39 is 6.04 Å². The van der Waals surface area contributed by atoms with E-state index in [1.807, 2.05) is 24.3 Å². The Morgan fingerprint density at radius 1 is 1.17 bits per heavy atom. The summed E-state index contributed by atoms with van der Waals surface area (Å²) in [5.41, 5.74) is 1.79. The zero-order chi connectivity index (χ0) is 21.3. The fourth-order valence-electron chi connectivity index (χ4n) is 3.06. The van der Waals surface area contributed by atoms with Crippen molar-refractivity contribution in [3.8, 4) is 11.5 Å². The second kappa shape index (κ2) is 10.3. The number of ether oxygens (including phenoxy) is 2. The summed E-state index contributed by atoms with van der Waals surface area (Å²) in [5, 5.41) is 8.11. The normalized spacial score (nSPS) is 16.8. The number of fused-ring (bicyclic) bond motifs is 1. The van der Waals surface area contributed by atoms with Gasteiger partial charge in [-0.15, -0.1) is 0 Å². The van der Waals surface area contributed by atoms with Crippen LogP contribution in [0.2, 0.25) is 0 Å². The highest BCUT2D eigenvalue weighted by Gasteiger charge is 2.22. The highest BCUT2D eigenvalue weighted by atomic mass is 16.5. The van der Waals surface area contributed by atoms with Crippen molar-refractivity contribution in [1.29, 1.82) is 0 Å². The van der Waals surface area contributed by atoms with Gasteiger partial charge in [0.1, 0.15) is 17.5 Å². The molecule has 8 heteroatoms. The first-order valence-corrected chi connectivity index (χ1v) is 9.75. The third-order valence-corrected chi connectivity index (χ3v) is 4.69. The fraction of sp³-hybridized carbons (Fsp3) is 0.318. The zero-order valence-electron chi connectivity index (χ0n) is 16.8. The average Bonchev–Trinajstić information content (AvgIpc) is 2.79. The molecule has 1 unspecified atom stereocenters. The van der Waals surface area contributed by atoms with Gasteiger partial charge in [0, 0.05) is 20.0 Å². The van der Waals surface area contributed by atoms with Gasteiger partial charge >= 0.3 is 0 Å². The molecule has 1 aliphatic rings. The van der Waals surface area contributed by atoms with E-state index in [1.54, 1.807) is 31.3 Å². The van der Waals surface area contributed by atoms with E-state index in [1.165, 1.54) is 0 Å². The first-order chi connectivity index (χ1) is 14.5. The molecule has 0 saturated heterocycles. The highest BCUT2D eigenvalue weighted by Crippen LogP contribution is 2.19. The molecule has 0 aliphatic carbocycles. The average molecular weight is 411 g/mol. The highest BCUT2D eigenvalue weighted by molar-refractivity contribution is 5.88. The third-order valence-electron chi connectivity index (χ3n) is 4.69. The molecule has 0 radical (unpaired) electrons. The van der Waals surface area contributed by atoms with Crippen LogP contribution < -0.4 is 25.4 Å². The summed E-state index contributed by atoms with van der Waals surface area (Å²) in [6, 6.07) is 13.8. The van der Waals surface area contributed by atoms with Gasteiger partial charge in [0.05, 0.1) is 0 Å². The molecule has 3 rings (SSSR count). The topological polar surface area (TPSA) is 106 Å². The van der Waals surface area contributed by atoms with Crippen LogP contribution in [-0.2, 0) is 27.2 Å². The molecule has 2 aromatic rings. The Labute approximate surface area is 174 Å². The van der Waals surface area contributed by atoms with Crippen molar-refractivity contribution in [3.05, 3.63) is 59.7 Å². The maximum Gasteiger partial charge on any atom is 0.258 e. The summed E-state index contributed by atoms with van der Waals surface area (Å²) in [5.74, 6) is 0.359. The number of hydrogen-bond acceptors (Lipinski definition) is 5. The fourth-order valence-corrected chi connectivity index (χ4v) is 3.06. The van der Waals surface area contributed by atoms with Crippen LogP contribution in [-0.4, -0.2) is 50.6 Å². The van der Waals surface area contributed by atoms with Gasteiger partial charge in [-0.1, -0.05) is 30.3 Å². The Balaban J connectivity index is 1.64. The number of rotatable bonds is 5. The summed E-state index contributed by atoms with van der Waals surface area (Å²) in [4.78, 5) is 36.2. The van der Waals surface area contributed by atoms with Crippen molar-refractivity contribution >= 4 is 17.7 Å². The summed E-state index contributed by atoms with van der Waals surface area (Å²) < 4.78 is 11.0. The molecule has 0 aromatic heterocycles. The third kappa shape index (κ3) is 5.97. The molecule has 3 N–H and O–H groups in total. The van der Waals surface area contributed by atoms with E-state index in [2.05, 4.69) is 16.0 Å². The van der Waals surface area contributed by atoms with Crippen molar-refractivity contribution in [2.75, 3.05) is 26.8 Å². The lowest BCUT2D eigenvalue weighted by atomic mass is 10.0. The minimum absolute atomic E-state index is 0.0701. The van der Waals surface area contributed by atoms with Gasteiger partial charge in [-0.2, -0.15) is 0 Å². The van der Waals surface area contributed by atoms with Gasteiger partial charge in [0.2, 0.25) is 5.91 Å². The smallest absolute Gasteiger partial charge is 0.258 e. The molecule has 0 saturated carbocycles. The minimum atomic E-state index is -0.722. The van der Waals surface area contributed by atoms with Crippen LogP contribution in [0.15, 0.2) is 48.5 Å². The number of carbonyl (C=O) groups is 3. The summed E-state index contributed by atoms with van der Waals surface area (Å²) in [6.45, 7) is 0.213. The molecule has 30 heavy (non-hydrogen) atoms. The molecular formula is C22H25N3O5.